The number of para-hydroxylation sites is 1. The van der Waals surface area contributed by atoms with Gasteiger partial charge in [-0.3, -0.25) is 0 Å². The molecule has 3 heteroatoms. The molecule has 66 valence electrons. The number of aliphatic hydroxyl groups is 1. The first-order valence-corrected chi connectivity index (χ1v) is 5.23. The fourth-order valence-corrected chi connectivity index (χ4v) is 2.35. The van der Waals surface area contributed by atoms with Crippen LogP contribution in [0.4, 0.5) is 0 Å². The smallest absolute Gasteiger partial charge is 0.0920 e. The standard InChI is InChI=1S/C10H9NOS/c12-10(4-5-10)7-2-1-3-8-9(7)11-6-13-8/h1-3,6,12H,4-5H2. The first-order chi connectivity index (χ1) is 6.30. The molecule has 0 spiro atoms. The van der Waals surface area contributed by atoms with E-state index in [0.717, 1.165) is 28.6 Å². The summed E-state index contributed by atoms with van der Waals surface area (Å²) in [4.78, 5) is 4.28. The number of nitrogens with zero attached hydrogens (tertiary/aromatic N) is 1. The third-order valence-corrected chi connectivity index (χ3v) is 3.38. The van der Waals surface area contributed by atoms with Gasteiger partial charge in [0.15, 0.2) is 0 Å². The van der Waals surface area contributed by atoms with Crippen LogP contribution in [-0.2, 0) is 5.60 Å². The largest absolute Gasteiger partial charge is 0.385 e. The zero-order valence-electron chi connectivity index (χ0n) is 7.03. The van der Waals surface area contributed by atoms with E-state index in [1.807, 2.05) is 23.7 Å². The van der Waals surface area contributed by atoms with Gasteiger partial charge in [-0.25, -0.2) is 4.98 Å². The van der Waals surface area contributed by atoms with E-state index in [2.05, 4.69) is 4.98 Å². The van der Waals surface area contributed by atoms with Crippen LogP contribution in [-0.4, -0.2) is 10.1 Å². The zero-order chi connectivity index (χ0) is 8.89. The maximum Gasteiger partial charge on any atom is 0.0920 e. The number of rotatable bonds is 1. The highest BCUT2D eigenvalue weighted by Crippen LogP contribution is 2.47. The van der Waals surface area contributed by atoms with E-state index < -0.39 is 5.60 Å². The fourth-order valence-electron chi connectivity index (χ4n) is 1.65. The van der Waals surface area contributed by atoms with Gasteiger partial charge in [0.1, 0.15) is 0 Å². The number of benzene rings is 1. The van der Waals surface area contributed by atoms with Gasteiger partial charge in [-0.1, -0.05) is 12.1 Å². The normalized spacial score (nSPS) is 19.2. The summed E-state index contributed by atoms with van der Waals surface area (Å²) in [7, 11) is 0. The molecular weight excluding hydrogens is 182 g/mol. The summed E-state index contributed by atoms with van der Waals surface area (Å²) in [6.07, 6.45) is 1.76. The number of fused-ring (bicyclic) bond motifs is 1. The number of hydrogen-bond donors (Lipinski definition) is 1. The van der Waals surface area contributed by atoms with Gasteiger partial charge in [-0.05, 0) is 18.9 Å². The van der Waals surface area contributed by atoms with Gasteiger partial charge in [0.05, 0.1) is 21.3 Å². The maximum atomic E-state index is 9.98. The van der Waals surface area contributed by atoms with Crippen molar-refractivity contribution in [2.45, 2.75) is 18.4 Å². The lowest BCUT2D eigenvalue weighted by Gasteiger charge is -2.07. The third-order valence-electron chi connectivity index (χ3n) is 2.59. The highest BCUT2D eigenvalue weighted by Gasteiger charge is 2.43. The van der Waals surface area contributed by atoms with Crippen LogP contribution in [0.1, 0.15) is 18.4 Å². The summed E-state index contributed by atoms with van der Waals surface area (Å²) in [6, 6.07) is 6.02. The fraction of sp³-hybridized carbons (Fsp3) is 0.300. The minimum atomic E-state index is -0.562. The van der Waals surface area contributed by atoms with E-state index in [4.69, 9.17) is 0 Å². The molecule has 1 aliphatic rings. The second-order valence-corrected chi connectivity index (χ2v) is 4.42. The quantitative estimate of drug-likeness (QED) is 0.750. The Morgan fingerprint density at radius 2 is 2.23 bits per heavy atom. The van der Waals surface area contributed by atoms with Gasteiger partial charge in [-0.15, -0.1) is 11.3 Å². The third kappa shape index (κ3) is 1.01. The maximum absolute atomic E-state index is 9.98. The Morgan fingerprint density at radius 1 is 1.38 bits per heavy atom. The Hall–Kier alpha value is -0.930. The SMILES string of the molecule is OC1(c2cccc3scnc23)CC1. The summed E-state index contributed by atoms with van der Waals surface area (Å²) in [5, 5.41) is 9.98. The Bertz CT molecular complexity index is 459. The van der Waals surface area contributed by atoms with Crippen LogP contribution in [0.3, 0.4) is 0 Å². The van der Waals surface area contributed by atoms with Crippen molar-refractivity contribution in [3.8, 4) is 0 Å². The number of hydrogen-bond acceptors (Lipinski definition) is 3. The van der Waals surface area contributed by atoms with E-state index >= 15 is 0 Å². The average Bonchev–Trinajstić information content (AvgIpc) is 2.72. The number of thiazole rings is 1. The topological polar surface area (TPSA) is 33.1 Å². The lowest BCUT2D eigenvalue weighted by atomic mass is 10.1. The van der Waals surface area contributed by atoms with Crippen molar-refractivity contribution in [1.29, 1.82) is 0 Å². The molecule has 1 saturated carbocycles. The van der Waals surface area contributed by atoms with Crippen molar-refractivity contribution < 1.29 is 5.11 Å². The van der Waals surface area contributed by atoms with Crippen LogP contribution in [0.5, 0.6) is 0 Å². The van der Waals surface area contributed by atoms with E-state index in [9.17, 15) is 5.11 Å². The molecule has 0 aliphatic heterocycles. The summed E-state index contributed by atoms with van der Waals surface area (Å²) in [5.74, 6) is 0. The molecule has 1 aromatic carbocycles. The lowest BCUT2D eigenvalue weighted by molar-refractivity contribution is 0.153. The lowest BCUT2D eigenvalue weighted by Crippen LogP contribution is -2.04. The highest BCUT2D eigenvalue weighted by molar-refractivity contribution is 7.16. The molecule has 0 bridgehead atoms. The minimum Gasteiger partial charge on any atom is -0.385 e. The van der Waals surface area contributed by atoms with Crippen molar-refractivity contribution in [3.63, 3.8) is 0 Å². The van der Waals surface area contributed by atoms with Crippen molar-refractivity contribution in [1.82, 2.24) is 4.98 Å². The van der Waals surface area contributed by atoms with Crippen molar-refractivity contribution in [3.05, 3.63) is 29.3 Å². The molecule has 1 fully saturated rings. The zero-order valence-corrected chi connectivity index (χ0v) is 7.84. The van der Waals surface area contributed by atoms with Crippen molar-refractivity contribution >= 4 is 21.6 Å². The molecule has 0 radical (unpaired) electrons. The predicted molar refractivity (Wildman–Crippen MR) is 52.8 cm³/mol. The van der Waals surface area contributed by atoms with Crippen molar-refractivity contribution in [2.75, 3.05) is 0 Å². The average molecular weight is 191 g/mol. The van der Waals surface area contributed by atoms with Gasteiger partial charge < -0.3 is 5.11 Å². The molecular formula is C10H9NOS. The predicted octanol–water partition coefficient (Wildman–Crippen LogP) is 2.28. The highest BCUT2D eigenvalue weighted by atomic mass is 32.1. The molecule has 13 heavy (non-hydrogen) atoms. The summed E-state index contributed by atoms with van der Waals surface area (Å²) >= 11 is 1.62. The Balaban J connectivity index is 2.33. The summed E-state index contributed by atoms with van der Waals surface area (Å²) in [5.41, 5.74) is 3.26. The second kappa shape index (κ2) is 2.30. The van der Waals surface area contributed by atoms with Crippen LogP contribution >= 0.6 is 11.3 Å². The molecule has 3 rings (SSSR count). The second-order valence-electron chi connectivity index (χ2n) is 3.54. The van der Waals surface area contributed by atoms with Crippen LogP contribution in [0.25, 0.3) is 10.2 Å². The molecule has 2 aromatic rings. The minimum absolute atomic E-state index is 0.562. The summed E-state index contributed by atoms with van der Waals surface area (Å²) in [6.45, 7) is 0. The van der Waals surface area contributed by atoms with Gasteiger partial charge in [0, 0.05) is 5.56 Å². The Morgan fingerprint density at radius 3 is 3.00 bits per heavy atom. The molecule has 1 heterocycles. The molecule has 2 nitrogen and oxygen atoms in total. The van der Waals surface area contributed by atoms with E-state index in [-0.39, 0.29) is 0 Å². The first-order valence-electron chi connectivity index (χ1n) is 4.35. The molecule has 0 saturated heterocycles. The Kier molecular flexibility index (Phi) is 1.32. The van der Waals surface area contributed by atoms with Gasteiger partial charge in [0.25, 0.3) is 0 Å². The molecule has 0 amide bonds. The van der Waals surface area contributed by atoms with E-state index in [1.165, 1.54) is 0 Å². The van der Waals surface area contributed by atoms with E-state index in [1.54, 1.807) is 11.3 Å². The van der Waals surface area contributed by atoms with Crippen LogP contribution in [0, 0.1) is 0 Å². The molecule has 0 unspecified atom stereocenters. The molecule has 1 aromatic heterocycles. The van der Waals surface area contributed by atoms with Crippen LogP contribution < -0.4 is 0 Å². The summed E-state index contributed by atoms with van der Waals surface area (Å²) < 4.78 is 1.16. The molecule has 1 N–H and O–H groups in total. The van der Waals surface area contributed by atoms with Gasteiger partial charge in [0.2, 0.25) is 0 Å². The monoisotopic (exact) mass is 191 g/mol. The molecule has 0 atom stereocenters. The molecule has 1 aliphatic carbocycles. The van der Waals surface area contributed by atoms with Crippen LogP contribution in [0.2, 0.25) is 0 Å². The Labute approximate surface area is 79.9 Å². The van der Waals surface area contributed by atoms with Crippen molar-refractivity contribution in [2.24, 2.45) is 0 Å². The number of aromatic nitrogens is 1. The first kappa shape index (κ1) is 7.47. The van der Waals surface area contributed by atoms with Gasteiger partial charge >= 0.3 is 0 Å². The van der Waals surface area contributed by atoms with Crippen LogP contribution in [0.15, 0.2) is 23.7 Å². The van der Waals surface area contributed by atoms with E-state index in [0.29, 0.717) is 0 Å². The van der Waals surface area contributed by atoms with Gasteiger partial charge in [-0.2, -0.15) is 0 Å².